The van der Waals surface area contributed by atoms with Gasteiger partial charge in [-0.15, -0.1) is 11.3 Å². The molecular formula is C20H18FN3O2S. The van der Waals surface area contributed by atoms with Gasteiger partial charge < -0.3 is 5.32 Å². The lowest BCUT2D eigenvalue weighted by Gasteiger charge is -2.22. The van der Waals surface area contributed by atoms with Gasteiger partial charge in [0.25, 0.3) is 0 Å². The molecular weight excluding hydrogens is 365 g/mol. The van der Waals surface area contributed by atoms with Crippen molar-refractivity contribution in [3.05, 3.63) is 63.2 Å². The number of aryl methyl sites for hydroxylation is 2. The van der Waals surface area contributed by atoms with Crippen LogP contribution in [0, 0.1) is 12.7 Å². The summed E-state index contributed by atoms with van der Waals surface area (Å²) in [5.74, 6) is -0.849. The zero-order chi connectivity index (χ0) is 19.1. The first-order chi connectivity index (χ1) is 13.0. The molecule has 0 bridgehead atoms. The molecule has 1 amide bonds. The number of carbonyl (C=O) groups excluding carboxylic acids is 2. The number of nitrogens with zero attached hydrogens (tertiary/aromatic N) is 2. The van der Waals surface area contributed by atoms with E-state index in [0.717, 1.165) is 11.3 Å². The quantitative estimate of drug-likeness (QED) is 0.685. The molecule has 2 aromatic heterocycles. The molecule has 5 nitrogen and oxygen atoms in total. The average molecular weight is 383 g/mol. The molecule has 1 atom stereocenters. The van der Waals surface area contributed by atoms with Crippen LogP contribution >= 0.6 is 11.3 Å². The first kappa shape index (κ1) is 17.6. The fraction of sp³-hybridized carbons (Fsp3) is 0.250. The monoisotopic (exact) mass is 383 g/mol. The van der Waals surface area contributed by atoms with Gasteiger partial charge in [0.2, 0.25) is 5.91 Å². The summed E-state index contributed by atoms with van der Waals surface area (Å²) in [6.45, 7) is 3.84. The van der Waals surface area contributed by atoms with E-state index >= 15 is 0 Å². The third-order valence-electron chi connectivity index (χ3n) is 4.72. The van der Waals surface area contributed by atoms with Gasteiger partial charge in [0, 0.05) is 16.9 Å². The highest BCUT2D eigenvalue weighted by atomic mass is 32.1. The van der Waals surface area contributed by atoms with Crippen molar-refractivity contribution in [2.24, 2.45) is 0 Å². The minimum atomic E-state index is -0.584. The second-order valence-electron chi connectivity index (χ2n) is 6.53. The lowest BCUT2D eigenvalue weighted by Crippen LogP contribution is -2.28. The molecule has 0 saturated heterocycles. The molecule has 3 heterocycles. The van der Waals surface area contributed by atoms with Crippen LogP contribution in [0.2, 0.25) is 0 Å². The van der Waals surface area contributed by atoms with E-state index in [4.69, 9.17) is 0 Å². The number of halogens is 1. The summed E-state index contributed by atoms with van der Waals surface area (Å²) in [4.78, 5) is 27.2. The normalized spacial score (nSPS) is 16.1. The van der Waals surface area contributed by atoms with Gasteiger partial charge in [-0.3, -0.25) is 9.59 Å². The van der Waals surface area contributed by atoms with Crippen LogP contribution in [0.3, 0.4) is 0 Å². The highest BCUT2D eigenvalue weighted by molar-refractivity contribution is 7.14. The second kappa shape index (κ2) is 6.74. The molecule has 7 heteroatoms. The summed E-state index contributed by atoms with van der Waals surface area (Å²) in [5, 5.41) is 7.28. The number of nitrogens with one attached hydrogen (secondary N) is 1. The maximum Gasteiger partial charge on any atom is 0.226 e. The number of rotatable bonds is 4. The van der Waals surface area contributed by atoms with Gasteiger partial charge in [-0.2, -0.15) is 5.10 Å². The number of anilines is 1. The second-order valence-corrected chi connectivity index (χ2v) is 7.70. The van der Waals surface area contributed by atoms with E-state index in [2.05, 4.69) is 10.4 Å². The van der Waals surface area contributed by atoms with Crippen molar-refractivity contribution in [2.75, 3.05) is 5.32 Å². The lowest BCUT2D eigenvalue weighted by atomic mass is 9.87. The first-order valence-corrected chi connectivity index (χ1v) is 9.57. The minimum absolute atomic E-state index is 0.0716. The molecule has 0 radical (unpaired) electrons. The van der Waals surface area contributed by atoms with Gasteiger partial charge in [-0.1, -0.05) is 13.0 Å². The van der Waals surface area contributed by atoms with E-state index in [1.54, 1.807) is 19.1 Å². The fourth-order valence-corrected chi connectivity index (χ4v) is 4.38. The predicted octanol–water partition coefficient (Wildman–Crippen LogP) is 4.25. The van der Waals surface area contributed by atoms with Crippen LogP contribution < -0.4 is 5.32 Å². The topological polar surface area (TPSA) is 64.0 Å². The highest BCUT2D eigenvalue weighted by Crippen LogP contribution is 2.39. The average Bonchev–Trinajstić information content (AvgIpc) is 3.25. The summed E-state index contributed by atoms with van der Waals surface area (Å²) < 4.78 is 15.1. The number of aromatic nitrogens is 2. The van der Waals surface area contributed by atoms with E-state index in [9.17, 15) is 14.0 Å². The Morgan fingerprint density at radius 1 is 1.37 bits per heavy atom. The molecule has 1 N–H and O–H groups in total. The Balaban J connectivity index is 1.80. The van der Waals surface area contributed by atoms with Crippen LogP contribution in [0.1, 0.15) is 45.1 Å². The molecule has 4 rings (SSSR count). The van der Waals surface area contributed by atoms with Crippen LogP contribution in [0.5, 0.6) is 0 Å². The summed E-state index contributed by atoms with van der Waals surface area (Å²) in [7, 11) is 0. The maximum atomic E-state index is 13.6. The number of amides is 1. The third-order valence-corrected chi connectivity index (χ3v) is 5.97. The molecule has 1 aliphatic heterocycles. The number of Topliss-reactive ketones (excluding diaryl/α,β-unsaturated/α-hetero) is 1. The van der Waals surface area contributed by atoms with Crippen LogP contribution in [0.4, 0.5) is 10.2 Å². The van der Waals surface area contributed by atoms with Gasteiger partial charge in [0.1, 0.15) is 11.6 Å². The van der Waals surface area contributed by atoms with Crippen LogP contribution in [0.15, 0.2) is 36.4 Å². The van der Waals surface area contributed by atoms with Crippen molar-refractivity contribution in [3.8, 4) is 5.69 Å². The number of hydrogen-bond acceptors (Lipinski definition) is 4. The van der Waals surface area contributed by atoms with Crippen molar-refractivity contribution in [3.63, 3.8) is 0 Å². The number of benzene rings is 1. The van der Waals surface area contributed by atoms with E-state index in [1.165, 1.54) is 28.2 Å². The van der Waals surface area contributed by atoms with Crippen molar-refractivity contribution in [1.29, 1.82) is 0 Å². The van der Waals surface area contributed by atoms with Crippen LogP contribution in [-0.2, 0) is 11.2 Å². The third kappa shape index (κ3) is 3.08. The van der Waals surface area contributed by atoms with Crippen LogP contribution in [-0.4, -0.2) is 21.5 Å². The van der Waals surface area contributed by atoms with Crippen molar-refractivity contribution in [1.82, 2.24) is 9.78 Å². The molecule has 3 aromatic rings. The SMILES string of the molecule is CCc1ccc(C(=O)C2CC(=O)Nc3c2c(C)nn3-c2cccc(F)c2)s1. The Kier molecular flexibility index (Phi) is 4.39. The van der Waals surface area contributed by atoms with Crippen LogP contribution in [0.25, 0.3) is 5.69 Å². The van der Waals surface area contributed by atoms with Crippen molar-refractivity contribution in [2.45, 2.75) is 32.6 Å². The Morgan fingerprint density at radius 2 is 2.19 bits per heavy atom. The lowest BCUT2D eigenvalue weighted by molar-refractivity contribution is -0.116. The van der Waals surface area contributed by atoms with E-state index in [-0.39, 0.29) is 18.1 Å². The highest BCUT2D eigenvalue weighted by Gasteiger charge is 2.36. The number of thiophene rings is 1. The largest absolute Gasteiger partial charge is 0.310 e. The zero-order valence-electron chi connectivity index (χ0n) is 15.0. The molecule has 1 aliphatic rings. The molecule has 138 valence electrons. The Labute approximate surface area is 159 Å². The number of ketones is 1. The van der Waals surface area contributed by atoms with Gasteiger partial charge >= 0.3 is 0 Å². The van der Waals surface area contributed by atoms with Crippen molar-refractivity contribution >= 4 is 28.8 Å². The predicted molar refractivity (Wildman–Crippen MR) is 102 cm³/mol. The number of hydrogen-bond donors (Lipinski definition) is 1. The summed E-state index contributed by atoms with van der Waals surface area (Å²) in [6, 6.07) is 9.75. The molecule has 27 heavy (non-hydrogen) atoms. The smallest absolute Gasteiger partial charge is 0.226 e. The van der Waals surface area contributed by atoms with E-state index in [0.29, 0.717) is 27.6 Å². The standard InChI is InChI=1S/C20H18FN3O2S/c1-3-14-7-8-16(27-14)19(26)15-10-17(25)22-20-18(15)11(2)23-24(20)13-6-4-5-12(21)9-13/h4-9,15H,3,10H2,1-2H3,(H,22,25). The molecule has 0 fully saturated rings. The summed E-state index contributed by atoms with van der Waals surface area (Å²) in [6.07, 6.45) is 0.950. The number of fused-ring (bicyclic) bond motifs is 1. The van der Waals surface area contributed by atoms with E-state index < -0.39 is 11.7 Å². The first-order valence-electron chi connectivity index (χ1n) is 8.76. The van der Waals surface area contributed by atoms with Gasteiger partial charge in [0.05, 0.1) is 22.2 Å². The molecule has 0 spiro atoms. The molecule has 0 aliphatic carbocycles. The molecule has 1 unspecified atom stereocenters. The van der Waals surface area contributed by atoms with Gasteiger partial charge in [-0.25, -0.2) is 9.07 Å². The minimum Gasteiger partial charge on any atom is -0.310 e. The van der Waals surface area contributed by atoms with Crippen molar-refractivity contribution < 1.29 is 14.0 Å². The fourth-order valence-electron chi connectivity index (χ4n) is 3.44. The maximum absolute atomic E-state index is 13.6. The Hall–Kier alpha value is -2.80. The number of carbonyl (C=O) groups is 2. The van der Waals surface area contributed by atoms with Gasteiger partial charge in [0.15, 0.2) is 5.78 Å². The summed E-state index contributed by atoms with van der Waals surface area (Å²) >= 11 is 1.46. The Morgan fingerprint density at radius 3 is 2.89 bits per heavy atom. The zero-order valence-corrected chi connectivity index (χ0v) is 15.8. The molecule has 0 saturated carbocycles. The molecule has 1 aromatic carbocycles. The summed E-state index contributed by atoms with van der Waals surface area (Å²) in [5.41, 5.74) is 1.85. The van der Waals surface area contributed by atoms with E-state index in [1.807, 2.05) is 19.1 Å². The Bertz CT molecular complexity index is 1050. The van der Waals surface area contributed by atoms with Gasteiger partial charge in [-0.05, 0) is 43.7 Å².